The minimum atomic E-state index is -3.79. The molecule has 7 nitrogen and oxygen atoms in total. The molecular weight excluding hydrogens is 328 g/mol. The summed E-state index contributed by atoms with van der Waals surface area (Å²) in [7, 11) is -3.79. The van der Waals surface area contributed by atoms with Crippen LogP contribution < -0.4 is 10.5 Å². The first kappa shape index (κ1) is 14.9. The standard InChI is InChI=1S/C9H11BrN2O5S/c10-7-5-6(18(11,15)16)1-2-8(7)12-9(14)17-4-3-13/h1-2,5,13H,3-4H2,(H,12,14)(H2,11,15,16). The van der Waals surface area contributed by atoms with Crippen LogP contribution >= 0.6 is 15.9 Å². The van der Waals surface area contributed by atoms with Crippen molar-refractivity contribution in [2.24, 2.45) is 5.14 Å². The molecule has 0 unspecified atom stereocenters. The second-order valence-electron chi connectivity index (χ2n) is 3.17. The molecule has 1 amide bonds. The van der Waals surface area contributed by atoms with Crippen molar-refractivity contribution in [1.82, 2.24) is 0 Å². The zero-order chi connectivity index (χ0) is 13.8. The van der Waals surface area contributed by atoms with Crippen LogP contribution in [0.1, 0.15) is 0 Å². The molecule has 0 bridgehead atoms. The lowest BCUT2D eigenvalue weighted by Crippen LogP contribution is -2.16. The van der Waals surface area contributed by atoms with Crippen molar-refractivity contribution in [2.75, 3.05) is 18.5 Å². The Hall–Kier alpha value is -1.16. The maximum atomic E-state index is 11.2. The highest BCUT2D eigenvalue weighted by Crippen LogP contribution is 2.25. The second kappa shape index (κ2) is 6.14. The number of carbonyl (C=O) groups excluding carboxylic acids is 1. The number of rotatable bonds is 4. The number of nitrogens with one attached hydrogen (secondary N) is 1. The maximum absolute atomic E-state index is 11.2. The molecule has 1 rings (SSSR count). The molecule has 0 saturated carbocycles. The Kier molecular flexibility index (Phi) is 5.08. The van der Waals surface area contributed by atoms with Crippen LogP contribution in [0.2, 0.25) is 0 Å². The van der Waals surface area contributed by atoms with E-state index in [1.54, 1.807) is 0 Å². The van der Waals surface area contributed by atoms with Gasteiger partial charge in [0.25, 0.3) is 0 Å². The van der Waals surface area contributed by atoms with Gasteiger partial charge in [-0.1, -0.05) is 0 Å². The lowest BCUT2D eigenvalue weighted by molar-refractivity contribution is 0.131. The van der Waals surface area contributed by atoms with E-state index in [1.807, 2.05) is 0 Å². The van der Waals surface area contributed by atoms with E-state index in [4.69, 9.17) is 10.2 Å². The number of halogens is 1. The zero-order valence-corrected chi connectivity index (χ0v) is 11.5. The van der Waals surface area contributed by atoms with E-state index >= 15 is 0 Å². The van der Waals surface area contributed by atoms with Gasteiger partial charge in [-0.3, -0.25) is 5.32 Å². The summed E-state index contributed by atoms with van der Waals surface area (Å²) in [4.78, 5) is 11.1. The quantitative estimate of drug-likeness (QED) is 0.744. The van der Waals surface area contributed by atoms with Gasteiger partial charge in [-0.25, -0.2) is 18.4 Å². The van der Waals surface area contributed by atoms with Crippen molar-refractivity contribution in [3.63, 3.8) is 0 Å². The normalized spacial score (nSPS) is 11.1. The molecule has 0 atom stereocenters. The maximum Gasteiger partial charge on any atom is 0.411 e. The first-order valence-electron chi connectivity index (χ1n) is 4.71. The van der Waals surface area contributed by atoms with Gasteiger partial charge in [0.15, 0.2) is 0 Å². The number of hydrogen-bond donors (Lipinski definition) is 3. The summed E-state index contributed by atoms with van der Waals surface area (Å²) in [6.07, 6.45) is -0.756. The van der Waals surface area contributed by atoms with E-state index in [0.29, 0.717) is 10.2 Å². The Morgan fingerprint density at radius 2 is 2.17 bits per heavy atom. The molecular formula is C9H11BrN2O5S. The average molecular weight is 339 g/mol. The monoisotopic (exact) mass is 338 g/mol. The van der Waals surface area contributed by atoms with Crippen molar-refractivity contribution in [1.29, 1.82) is 0 Å². The van der Waals surface area contributed by atoms with E-state index in [-0.39, 0.29) is 18.1 Å². The summed E-state index contributed by atoms with van der Waals surface area (Å²) in [5.74, 6) is 0. The Balaban J connectivity index is 2.84. The number of amides is 1. The fraction of sp³-hybridized carbons (Fsp3) is 0.222. The third-order valence-corrected chi connectivity index (χ3v) is 3.40. The Bertz CT molecular complexity index is 546. The molecule has 4 N–H and O–H groups in total. The lowest BCUT2D eigenvalue weighted by atomic mass is 10.3. The van der Waals surface area contributed by atoms with Crippen LogP contribution in [0, 0.1) is 0 Å². The van der Waals surface area contributed by atoms with Gasteiger partial charge in [-0.05, 0) is 34.1 Å². The summed E-state index contributed by atoms with van der Waals surface area (Å²) >= 11 is 3.10. The average Bonchev–Trinajstić information content (AvgIpc) is 2.27. The summed E-state index contributed by atoms with van der Waals surface area (Å²) < 4.78 is 27.1. The van der Waals surface area contributed by atoms with Gasteiger partial charge in [-0.15, -0.1) is 0 Å². The van der Waals surface area contributed by atoms with Gasteiger partial charge >= 0.3 is 6.09 Å². The highest BCUT2D eigenvalue weighted by Gasteiger charge is 2.12. The van der Waals surface area contributed by atoms with Crippen molar-refractivity contribution in [2.45, 2.75) is 4.90 Å². The number of hydrogen-bond acceptors (Lipinski definition) is 5. The fourth-order valence-corrected chi connectivity index (χ4v) is 2.23. The summed E-state index contributed by atoms with van der Waals surface area (Å²) in [6, 6.07) is 3.88. The number of carbonyl (C=O) groups is 1. The molecule has 0 spiro atoms. The zero-order valence-electron chi connectivity index (χ0n) is 9.09. The molecule has 1 aromatic rings. The molecule has 0 aliphatic rings. The van der Waals surface area contributed by atoms with E-state index in [2.05, 4.69) is 26.0 Å². The van der Waals surface area contributed by atoms with Crippen molar-refractivity contribution < 1.29 is 23.1 Å². The summed E-state index contributed by atoms with van der Waals surface area (Å²) in [5, 5.41) is 15.8. The number of nitrogens with two attached hydrogens (primary N) is 1. The largest absolute Gasteiger partial charge is 0.447 e. The minimum Gasteiger partial charge on any atom is -0.447 e. The molecule has 9 heteroatoms. The third-order valence-electron chi connectivity index (χ3n) is 1.83. The van der Waals surface area contributed by atoms with E-state index in [0.717, 1.165) is 0 Å². The van der Waals surface area contributed by atoms with Crippen LogP contribution in [0.25, 0.3) is 0 Å². The van der Waals surface area contributed by atoms with Crippen LogP contribution in [0.15, 0.2) is 27.6 Å². The van der Waals surface area contributed by atoms with Crippen molar-refractivity contribution >= 4 is 37.7 Å². The minimum absolute atomic E-state index is 0.0800. The number of aliphatic hydroxyl groups excluding tert-OH is 1. The van der Waals surface area contributed by atoms with E-state index in [9.17, 15) is 13.2 Å². The number of anilines is 1. The van der Waals surface area contributed by atoms with Gasteiger partial charge < -0.3 is 9.84 Å². The highest BCUT2D eigenvalue weighted by atomic mass is 79.9. The Labute approximate surface area is 112 Å². The van der Waals surface area contributed by atoms with Gasteiger partial charge in [-0.2, -0.15) is 0 Å². The van der Waals surface area contributed by atoms with E-state index < -0.39 is 16.1 Å². The lowest BCUT2D eigenvalue weighted by Gasteiger charge is -2.08. The molecule has 1 aromatic carbocycles. The molecule has 0 fully saturated rings. The number of ether oxygens (including phenoxy) is 1. The Morgan fingerprint density at radius 1 is 1.50 bits per heavy atom. The van der Waals surface area contributed by atoms with Crippen LogP contribution in [-0.4, -0.2) is 32.8 Å². The predicted octanol–water partition coefficient (Wildman–Crippen LogP) is 0.637. The van der Waals surface area contributed by atoms with Crippen molar-refractivity contribution in [3.8, 4) is 0 Å². The van der Waals surface area contributed by atoms with Gasteiger partial charge in [0, 0.05) is 4.47 Å². The topological polar surface area (TPSA) is 119 Å². The summed E-state index contributed by atoms with van der Waals surface area (Å²) in [5.41, 5.74) is 0.324. The smallest absolute Gasteiger partial charge is 0.411 e. The van der Waals surface area contributed by atoms with E-state index in [1.165, 1.54) is 18.2 Å². The van der Waals surface area contributed by atoms with Crippen LogP contribution in [-0.2, 0) is 14.8 Å². The number of sulfonamides is 1. The second-order valence-corrected chi connectivity index (χ2v) is 5.59. The SMILES string of the molecule is NS(=O)(=O)c1ccc(NC(=O)OCCO)c(Br)c1. The van der Waals surface area contributed by atoms with Gasteiger partial charge in [0.1, 0.15) is 6.61 Å². The van der Waals surface area contributed by atoms with Gasteiger partial charge in [0.05, 0.1) is 17.2 Å². The van der Waals surface area contributed by atoms with Crippen molar-refractivity contribution in [3.05, 3.63) is 22.7 Å². The van der Waals surface area contributed by atoms with Crippen LogP contribution in [0.5, 0.6) is 0 Å². The molecule has 0 aliphatic heterocycles. The fourth-order valence-electron chi connectivity index (χ4n) is 1.06. The molecule has 0 aliphatic carbocycles. The molecule has 0 aromatic heterocycles. The van der Waals surface area contributed by atoms with Gasteiger partial charge in [0.2, 0.25) is 10.0 Å². The number of aliphatic hydroxyl groups is 1. The molecule has 0 saturated heterocycles. The van der Waals surface area contributed by atoms with Crippen LogP contribution in [0.4, 0.5) is 10.5 Å². The number of benzene rings is 1. The highest BCUT2D eigenvalue weighted by molar-refractivity contribution is 9.10. The first-order chi connectivity index (χ1) is 8.34. The molecule has 0 heterocycles. The third kappa shape index (κ3) is 4.26. The molecule has 18 heavy (non-hydrogen) atoms. The van der Waals surface area contributed by atoms with Crippen LogP contribution in [0.3, 0.4) is 0 Å². The Morgan fingerprint density at radius 3 is 2.67 bits per heavy atom. The molecule has 0 radical (unpaired) electrons. The first-order valence-corrected chi connectivity index (χ1v) is 7.05. The number of primary sulfonamides is 1. The summed E-state index contributed by atoms with van der Waals surface area (Å²) in [6.45, 7) is -0.405. The molecule has 100 valence electrons. The predicted molar refractivity (Wildman–Crippen MR) is 67.6 cm³/mol.